The zero-order valence-corrected chi connectivity index (χ0v) is 17.8. The summed E-state index contributed by atoms with van der Waals surface area (Å²) in [6.45, 7) is 6.25. The highest BCUT2D eigenvalue weighted by atomic mass is 16.5. The Morgan fingerprint density at radius 1 is 1.06 bits per heavy atom. The van der Waals surface area contributed by atoms with Crippen LogP contribution in [0.4, 0.5) is 5.69 Å². The average molecular weight is 420 g/mol. The zero-order valence-electron chi connectivity index (χ0n) is 17.8. The van der Waals surface area contributed by atoms with Gasteiger partial charge in [-0.15, -0.1) is 0 Å². The predicted octanol–water partition coefficient (Wildman–Crippen LogP) is 3.32. The van der Waals surface area contributed by atoms with Crippen molar-refractivity contribution in [1.82, 2.24) is 9.88 Å². The quantitative estimate of drug-likeness (QED) is 0.802. The summed E-state index contributed by atoms with van der Waals surface area (Å²) in [6, 6.07) is 10.7. The minimum Gasteiger partial charge on any atom is -0.481 e. The second-order valence-corrected chi connectivity index (χ2v) is 8.75. The molecule has 0 saturated carbocycles. The van der Waals surface area contributed by atoms with Crippen molar-refractivity contribution in [3.05, 3.63) is 53.2 Å². The molecule has 162 valence electrons. The van der Waals surface area contributed by atoms with Gasteiger partial charge in [-0.05, 0) is 43.0 Å². The lowest BCUT2D eigenvalue weighted by Crippen LogP contribution is -2.37. The van der Waals surface area contributed by atoms with Crippen LogP contribution < -0.4 is 4.90 Å². The van der Waals surface area contributed by atoms with E-state index in [1.54, 1.807) is 0 Å². The molecule has 2 aliphatic heterocycles. The summed E-state index contributed by atoms with van der Waals surface area (Å²) in [6.07, 6.45) is 6.67. The first kappa shape index (κ1) is 20.2. The molecule has 0 bridgehead atoms. The molecule has 0 radical (unpaired) electrons. The van der Waals surface area contributed by atoms with E-state index in [9.17, 15) is 9.90 Å². The lowest BCUT2D eigenvalue weighted by Gasteiger charge is -2.32. The van der Waals surface area contributed by atoms with Gasteiger partial charge in [-0.25, -0.2) is 0 Å². The van der Waals surface area contributed by atoms with Crippen LogP contribution in [-0.4, -0.2) is 66.9 Å². The Kier molecular flexibility index (Phi) is 5.74. The molecule has 1 aromatic heterocycles. The van der Waals surface area contributed by atoms with Gasteiger partial charge in [0.2, 0.25) is 0 Å². The number of ether oxygens (including phenoxy) is 1. The molecule has 2 fully saturated rings. The standard InChI is InChI=1S/C25H29N3O3/c29-25(30)20-6-9-28(10-7-20)22-3-1-19(2-4-22)24-23-16-18(15-21(23)5-8-26-24)17-27-11-13-31-14-12-27/h1-5,8,16,20H,6-7,9-15,17H2,(H,29,30). The maximum atomic E-state index is 11.2. The number of hydrogen-bond acceptors (Lipinski definition) is 5. The molecule has 0 unspecified atom stereocenters. The van der Waals surface area contributed by atoms with E-state index < -0.39 is 5.97 Å². The summed E-state index contributed by atoms with van der Waals surface area (Å²) in [7, 11) is 0. The molecule has 6 nitrogen and oxygen atoms in total. The fraction of sp³-hybridized carbons (Fsp3) is 0.440. The fourth-order valence-corrected chi connectivity index (χ4v) is 4.92. The Morgan fingerprint density at radius 3 is 2.52 bits per heavy atom. The van der Waals surface area contributed by atoms with E-state index in [1.807, 2.05) is 6.20 Å². The number of carbonyl (C=O) groups is 1. The van der Waals surface area contributed by atoms with E-state index in [0.717, 1.165) is 69.3 Å². The Hall–Kier alpha value is -2.70. The number of benzene rings is 1. The molecule has 2 aromatic rings. The lowest BCUT2D eigenvalue weighted by molar-refractivity contribution is -0.142. The van der Waals surface area contributed by atoms with Gasteiger partial charge in [-0.2, -0.15) is 0 Å². The molecule has 1 aromatic carbocycles. The van der Waals surface area contributed by atoms with E-state index in [0.29, 0.717) is 12.8 Å². The van der Waals surface area contributed by atoms with Gasteiger partial charge in [0, 0.05) is 55.7 Å². The van der Waals surface area contributed by atoms with Crippen LogP contribution in [0, 0.1) is 5.92 Å². The summed E-state index contributed by atoms with van der Waals surface area (Å²) in [5, 5.41) is 9.21. The first-order chi connectivity index (χ1) is 15.2. The molecule has 1 aliphatic carbocycles. The maximum Gasteiger partial charge on any atom is 0.306 e. The number of piperidine rings is 1. The molecule has 3 heterocycles. The molecule has 3 aliphatic rings. The smallest absolute Gasteiger partial charge is 0.306 e. The number of hydrogen-bond donors (Lipinski definition) is 1. The highest BCUT2D eigenvalue weighted by molar-refractivity contribution is 5.79. The fourth-order valence-electron chi connectivity index (χ4n) is 4.92. The van der Waals surface area contributed by atoms with Crippen LogP contribution in [0.3, 0.4) is 0 Å². The van der Waals surface area contributed by atoms with Crippen LogP contribution in [0.2, 0.25) is 0 Å². The average Bonchev–Trinajstić information content (AvgIpc) is 3.22. The third-order valence-corrected chi connectivity index (χ3v) is 6.73. The van der Waals surface area contributed by atoms with Crippen LogP contribution in [0.15, 0.2) is 42.1 Å². The van der Waals surface area contributed by atoms with E-state index in [4.69, 9.17) is 9.72 Å². The van der Waals surface area contributed by atoms with Crippen molar-refractivity contribution in [2.45, 2.75) is 19.3 Å². The molecular weight excluding hydrogens is 390 g/mol. The minimum absolute atomic E-state index is 0.204. The molecule has 0 spiro atoms. The monoisotopic (exact) mass is 419 g/mol. The van der Waals surface area contributed by atoms with Crippen LogP contribution in [0.25, 0.3) is 17.3 Å². The van der Waals surface area contributed by atoms with Crippen molar-refractivity contribution < 1.29 is 14.6 Å². The van der Waals surface area contributed by atoms with Crippen molar-refractivity contribution in [2.24, 2.45) is 5.92 Å². The minimum atomic E-state index is -0.667. The normalized spacial score (nSPS) is 19.9. The maximum absolute atomic E-state index is 11.2. The van der Waals surface area contributed by atoms with Crippen LogP contribution >= 0.6 is 0 Å². The number of fused-ring (bicyclic) bond motifs is 1. The molecule has 0 amide bonds. The molecule has 31 heavy (non-hydrogen) atoms. The number of anilines is 1. The van der Waals surface area contributed by atoms with Crippen LogP contribution in [0.5, 0.6) is 0 Å². The zero-order chi connectivity index (χ0) is 21.2. The van der Waals surface area contributed by atoms with Gasteiger partial charge < -0.3 is 14.7 Å². The first-order valence-electron chi connectivity index (χ1n) is 11.2. The Bertz CT molecular complexity index is 972. The summed E-state index contributed by atoms with van der Waals surface area (Å²) in [5.41, 5.74) is 7.39. The molecule has 2 saturated heterocycles. The summed E-state index contributed by atoms with van der Waals surface area (Å²) < 4.78 is 5.47. The third kappa shape index (κ3) is 4.36. The highest BCUT2D eigenvalue weighted by Gasteiger charge is 2.25. The number of pyridine rings is 1. The number of carboxylic acid groups (broad SMARTS) is 1. The van der Waals surface area contributed by atoms with Crippen molar-refractivity contribution in [3.63, 3.8) is 0 Å². The molecule has 1 N–H and O–H groups in total. The Labute approximate surface area is 183 Å². The lowest BCUT2D eigenvalue weighted by atomic mass is 9.96. The number of aliphatic carboxylic acids is 1. The summed E-state index contributed by atoms with van der Waals surface area (Å²) >= 11 is 0. The molecule has 5 rings (SSSR count). The Morgan fingerprint density at radius 2 is 1.81 bits per heavy atom. The molecule has 0 atom stereocenters. The first-order valence-corrected chi connectivity index (χ1v) is 11.2. The van der Waals surface area contributed by atoms with Gasteiger partial charge >= 0.3 is 5.97 Å². The predicted molar refractivity (Wildman–Crippen MR) is 121 cm³/mol. The van der Waals surface area contributed by atoms with Gasteiger partial charge in [0.25, 0.3) is 0 Å². The summed E-state index contributed by atoms with van der Waals surface area (Å²) in [4.78, 5) is 20.7. The van der Waals surface area contributed by atoms with Crippen LogP contribution in [0.1, 0.15) is 24.0 Å². The van der Waals surface area contributed by atoms with Crippen molar-refractivity contribution in [1.29, 1.82) is 0 Å². The number of morpholine rings is 1. The van der Waals surface area contributed by atoms with Crippen molar-refractivity contribution in [2.75, 3.05) is 50.8 Å². The van der Waals surface area contributed by atoms with Gasteiger partial charge in [-0.3, -0.25) is 14.7 Å². The largest absolute Gasteiger partial charge is 0.481 e. The third-order valence-electron chi connectivity index (χ3n) is 6.73. The topological polar surface area (TPSA) is 65.9 Å². The SMILES string of the molecule is O=C(O)C1CCN(c2ccc(-c3nccc4c3C=C(CN3CCOCC3)C4)cc2)CC1. The van der Waals surface area contributed by atoms with E-state index in [2.05, 4.69) is 46.2 Å². The van der Waals surface area contributed by atoms with E-state index in [1.165, 1.54) is 16.7 Å². The van der Waals surface area contributed by atoms with Crippen molar-refractivity contribution in [3.8, 4) is 11.3 Å². The number of aromatic nitrogens is 1. The van der Waals surface area contributed by atoms with Gasteiger partial charge in [0.05, 0.1) is 24.8 Å². The summed E-state index contributed by atoms with van der Waals surface area (Å²) in [5.74, 6) is -0.870. The van der Waals surface area contributed by atoms with E-state index in [-0.39, 0.29) is 5.92 Å². The van der Waals surface area contributed by atoms with Gasteiger partial charge in [0.1, 0.15) is 0 Å². The van der Waals surface area contributed by atoms with Gasteiger partial charge in [0.15, 0.2) is 0 Å². The van der Waals surface area contributed by atoms with Crippen molar-refractivity contribution >= 4 is 17.7 Å². The van der Waals surface area contributed by atoms with Gasteiger partial charge in [-0.1, -0.05) is 23.8 Å². The number of carboxylic acids is 1. The number of rotatable bonds is 5. The van der Waals surface area contributed by atoms with E-state index >= 15 is 0 Å². The van der Waals surface area contributed by atoms with Crippen LogP contribution in [-0.2, 0) is 16.0 Å². The second kappa shape index (κ2) is 8.81. The Balaban J connectivity index is 1.30. The highest BCUT2D eigenvalue weighted by Crippen LogP contribution is 2.34. The molecular formula is C25H29N3O3. The second-order valence-electron chi connectivity index (χ2n) is 8.75. The number of nitrogens with zero attached hydrogens (tertiary/aromatic N) is 3. The molecule has 6 heteroatoms.